The number of carbonyl (C=O) groups excluding carboxylic acids is 2. The Balaban J connectivity index is 1.77. The van der Waals surface area contributed by atoms with Crippen molar-refractivity contribution < 1.29 is 19.1 Å². The number of hydrogen-bond acceptors (Lipinski definition) is 4. The van der Waals surface area contributed by atoms with Crippen LogP contribution in [0.15, 0.2) is 24.3 Å². The van der Waals surface area contributed by atoms with Gasteiger partial charge in [0.1, 0.15) is 0 Å². The second-order valence-corrected chi connectivity index (χ2v) is 5.46. The average Bonchev–Trinajstić information content (AvgIpc) is 2.72. The van der Waals surface area contributed by atoms with Gasteiger partial charge in [-0.1, -0.05) is 26.0 Å². The predicted octanol–water partition coefficient (Wildman–Crippen LogP) is 1.68. The number of benzene rings is 1. The second-order valence-electron chi connectivity index (χ2n) is 5.46. The van der Waals surface area contributed by atoms with Crippen molar-refractivity contribution in [2.45, 2.75) is 26.2 Å². The second kappa shape index (κ2) is 5.00. The minimum atomic E-state index is -0.350. The first kappa shape index (κ1) is 13.3. The van der Waals surface area contributed by atoms with E-state index < -0.39 is 0 Å². The van der Waals surface area contributed by atoms with Gasteiger partial charge in [0.15, 0.2) is 6.29 Å². The summed E-state index contributed by atoms with van der Waals surface area (Å²) in [7, 11) is 0. The largest absolute Gasteiger partial charge is 0.350 e. The van der Waals surface area contributed by atoms with Crippen molar-refractivity contribution in [3.8, 4) is 0 Å². The molecule has 2 amide bonds. The minimum Gasteiger partial charge on any atom is -0.350 e. The molecule has 20 heavy (non-hydrogen) atoms. The fraction of sp³-hybridized carbons (Fsp3) is 0.467. The molecule has 5 nitrogen and oxygen atoms in total. The minimum absolute atomic E-state index is 0.248. The Morgan fingerprint density at radius 1 is 1.05 bits per heavy atom. The number of rotatable bonds is 2. The number of fused-ring (bicyclic) bond motifs is 1. The molecule has 0 N–H and O–H groups in total. The van der Waals surface area contributed by atoms with Crippen molar-refractivity contribution in [3.63, 3.8) is 0 Å². The number of nitrogens with zero attached hydrogens (tertiary/aromatic N) is 1. The molecule has 3 rings (SSSR count). The fourth-order valence-electron chi connectivity index (χ4n) is 2.58. The van der Waals surface area contributed by atoms with E-state index in [4.69, 9.17) is 9.47 Å². The van der Waals surface area contributed by atoms with Crippen LogP contribution in [0.5, 0.6) is 0 Å². The van der Waals surface area contributed by atoms with Crippen LogP contribution in [-0.4, -0.2) is 42.3 Å². The van der Waals surface area contributed by atoms with Crippen LogP contribution in [-0.2, 0) is 9.47 Å². The van der Waals surface area contributed by atoms with E-state index in [-0.39, 0.29) is 30.1 Å². The molecule has 0 unspecified atom stereocenters. The Hall–Kier alpha value is -1.72. The highest BCUT2D eigenvalue weighted by Crippen LogP contribution is 2.27. The third-order valence-electron chi connectivity index (χ3n) is 3.64. The van der Waals surface area contributed by atoms with Gasteiger partial charge in [-0.25, -0.2) is 0 Å². The molecule has 0 aliphatic carbocycles. The average molecular weight is 275 g/mol. The Morgan fingerprint density at radius 3 is 2.00 bits per heavy atom. The molecule has 5 heteroatoms. The van der Waals surface area contributed by atoms with Crippen molar-refractivity contribution in [2.75, 3.05) is 13.2 Å². The van der Waals surface area contributed by atoms with Crippen molar-refractivity contribution >= 4 is 11.8 Å². The highest BCUT2D eigenvalue weighted by atomic mass is 16.7. The summed E-state index contributed by atoms with van der Waals surface area (Å²) >= 11 is 0. The molecule has 1 aromatic carbocycles. The molecule has 106 valence electrons. The van der Waals surface area contributed by atoms with Crippen LogP contribution in [0.25, 0.3) is 0 Å². The standard InChI is InChI=1S/C15H17NO4/c1-9(2)15-19-7-10(8-20-15)16-13(17)11-5-3-4-6-12(11)14(16)18/h3-6,9-10,15H,7-8H2,1-2H3. The van der Waals surface area contributed by atoms with Crippen molar-refractivity contribution in [3.05, 3.63) is 35.4 Å². The van der Waals surface area contributed by atoms with Crippen LogP contribution in [0.3, 0.4) is 0 Å². The maximum Gasteiger partial charge on any atom is 0.261 e. The van der Waals surface area contributed by atoms with Crippen LogP contribution in [0.1, 0.15) is 34.6 Å². The molecule has 0 saturated carbocycles. The van der Waals surface area contributed by atoms with E-state index in [1.165, 1.54) is 4.90 Å². The number of imide groups is 1. The van der Waals surface area contributed by atoms with E-state index in [1.54, 1.807) is 24.3 Å². The summed E-state index contributed by atoms with van der Waals surface area (Å²) in [6.45, 7) is 4.67. The monoisotopic (exact) mass is 275 g/mol. The van der Waals surface area contributed by atoms with Crippen LogP contribution >= 0.6 is 0 Å². The van der Waals surface area contributed by atoms with Gasteiger partial charge in [0.2, 0.25) is 0 Å². The topological polar surface area (TPSA) is 55.8 Å². The maximum absolute atomic E-state index is 12.3. The lowest BCUT2D eigenvalue weighted by molar-refractivity contribution is -0.215. The first-order valence-corrected chi connectivity index (χ1v) is 6.79. The summed E-state index contributed by atoms with van der Waals surface area (Å²) in [5, 5.41) is 0. The third kappa shape index (κ3) is 2.03. The van der Waals surface area contributed by atoms with Crippen LogP contribution in [0.2, 0.25) is 0 Å². The van der Waals surface area contributed by atoms with Crippen LogP contribution in [0.4, 0.5) is 0 Å². The maximum atomic E-state index is 12.3. The molecule has 0 atom stereocenters. The molecule has 2 aliphatic heterocycles. The smallest absolute Gasteiger partial charge is 0.261 e. The zero-order chi connectivity index (χ0) is 14.3. The zero-order valence-corrected chi connectivity index (χ0v) is 11.5. The number of amides is 2. The van der Waals surface area contributed by atoms with Gasteiger partial charge in [-0.3, -0.25) is 14.5 Å². The molecule has 2 heterocycles. The molecular formula is C15H17NO4. The molecule has 1 saturated heterocycles. The van der Waals surface area contributed by atoms with Crippen molar-refractivity contribution in [1.29, 1.82) is 0 Å². The van der Waals surface area contributed by atoms with Crippen molar-refractivity contribution in [2.24, 2.45) is 5.92 Å². The van der Waals surface area contributed by atoms with Gasteiger partial charge in [0.05, 0.1) is 30.4 Å². The molecule has 1 aromatic rings. The van der Waals surface area contributed by atoms with Gasteiger partial charge >= 0.3 is 0 Å². The highest BCUT2D eigenvalue weighted by Gasteiger charge is 2.41. The van der Waals surface area contributed by atoms with E-state index in [1.807, 2.05) is 13.8 Å². The molecule has 2 aliphatic rings. The van der Waals surface area contributed by atoms with Crippen LogP contribution in [0, 0.1) is 5.92 Å². The quantitative estimate of drug-likeness (QED) is 0.771. The molecule has 0 spiro atoms. The normalized spacial score (nSPS) is 26.2. The zero-order valence-electron chi connectivity index (χ0n) is 11.5. The molecular weight excluding hydrogens is 258 g/mol. The first-order chi connectivity index (χ1) is 9.59. The SMILES string of the molecule is CC(C)C1OCC(N2C(=O)c3ccccc3C2=O)CO1. The van der Waals surface area contributed by atoms with Crippen LogP contribution < -0.4 is 0 Å². The van der Waals surface area contributed by atoms with E-state index >= 15 is 0 Å². The lowest BCUT2D eigenvalue weighted by atomic mass is 10.1. The first-order valence-electron chi connectivity index (χ1n) is 6.79. The van der Waals surface area contributed by atoms with E-state index in [9.17, 15) is 9.59 Å². The molecule has 0 radical (unpaired) electrons. The predicted molar refractivity (Wildman–Crippen MR) is 71.3 cm³/mol. The Bertz CT molecular complexity index is 512. The third-order valence-corrected chi connectivity index (χ3v) is 3.64. The summed E-state index contributed by atoms with van der Waals surface area (Å²) in [6.07, 6.45) is -0.263. The lowest BCUT2D eigenvalue weighted by Gasteiger charge is -2.35. The van der Waals surface area contributed by atoms with E-state index in [0.29, 0.717) is 24.3 Å². The van der Waals surface area contributed by atoms with Gasteiger partial charge in [-0.2, -0.15) is 0 Å². The summed E-state index contributed by atoms with van der Waals surface area (Å²) in [6, 6.07) is 6.53. The lowest BCUT2D eigenvalue weighted by Crippen LogP contribution is -2.50. The number of hydrogen-bond donors (Lipinski definition) is 0. The molecule has 0 bridgehead atoms. The summed E-state index contributed by atoms with van der Waals surface area (Å²) in [4.78, 5) is 25.9. The van der Waals surface area contributed by atoms with Gasteiger partial charge < -0.3 is 9.47 Å². The number of ether oxygens (including phenoxy) is 2. The summed E-state index contributed by atoms with van der Waals surface area (Å²) < 4.78 is 11.2. The Labute approximate surface area is 117 Å². The molecule has 1 fully saturated rings. The summed E-state index contributed by atoms with van der Waals surface area (Å²) in [5.41, 5.74) is 0.923. The van der Waals surface area contributed by atoms with E-state index in [2.05, 4.69) is 0 Å². The fourth-order valence-corrected chi connectivity index (χ4v) is 2.58. The highest BCUT2D eigenvalue weighted by molar-refractivity contribution is 6.21. The van der Waals surface area contributed by atoms with Gasteiger partial charge in [0.25, 0.3) is 11.8 Å². The Kier molecular flexibility index (Phi) is 3.31. The number of carbonyl (C=O) groups is 2. The van der Waals surface area contributed by atoms with Gasteiger partial charge in [-0.05, 0) is 12.1 Å². The van der Waals surface area contributed by atoms with E-state index in [0.717, 1.165) is 0 Å². The van der Waals surface area contributed by atoms with Crippen molar-refractivity contribution in [1.82, 2.24) is 4.90 Å². The van der Waals surface area contributed by atoms with Gasteiger partial charge in [0, 0.05) is 5.92 Å². The summed E-state index contributed by atoms with van der Waals surface area (Å²) in [5.74, 6) is -0.269. The Morgan fingerprint density at radius 2 is 1.55 bits per heavy atom. The van der Waals surface area contributed by atoms with Gasteiger partial charge in [-0.15, -0.1) is 0 Å². The molecule has 0 aromatic heterocycles.